The van der Waals surface area contributed by atoms with E-state index < -0.39 is 0 Å². The number of rotatable bonds is 10. The first-order valence-corrected chi connectivity index (χ1v) is 9.22. The molecule has 1 aromatic heterocycles. The van der Waals surface area contributed by atoms with Gasteiger partial charge >= 0.3 is 5.97 Å². The number of hydrogen-bond acceptors (Lipinski definition) is 8. The summed E-state index contributed by atoms with van der Waals surface area (Å²) in [4.78, 5) is 17.8. The van der Waals surface area contributed by atoms with E-state index in [9.17, 15) is 4.79 Å². The van der Waals surface area contributed by atoms with Gasteiger partial charge in [0.1, 0.15) is 12.4 Å². The minimum Gasteiger partial charge on any atom is -0.492 e. The van der Waals surface area contributed by atoms with Crippen LogP contribution >= 0.6 is 11.3 Å². The van der Waals surface area contributed by atoms with Crippen LogP contribution in [0.5, 0.6) is 5.75 Å². The van der Waals surface area contributed by atoms with Crippen molar-refractivity contribution in [3.05, 3.63) is 40.9 Å². The molecule has 1 N–H and O–H groups in total. The average Bonchev–Trinajstić information content (AvgIpc) is 3.03. The largest absolute Gasteiger partial charge is 0.492 e. The predicted molar refractivity (Wildman–Crippen MR) is 104 cm³/mol. The van der Waals surface area contributed by atoms with Crippen molar-refractivity contribution >= 4 is 28.7 Å². The van der Waals surface area contributed by atoms with E-state index in [0.717, 1.165) is 17.9 Å². The second kappa shape index (κ2) is 10.5. The molecule has 140 valence electrons. The Bertz CT molecular complexity index is 731. The van der Waals surface area contributed by atoms with E-state index >= 15 is 0 Å². The molecule has 0 radical (unpaired) electrons. The standard InChI is InChI=1S/C18H24N4O3S/c1-4-24-17(23)11-15-13-26-18(20-15)21-19-12-14-7-5-6-8-16(14)25-10-9-22(2)3/h5-8,12-13H,4,9-11H2,1-3H3,(H,20,21). The number of benzene rings is 1. The van der Waals surface area contributed by atoms with Crippen LogP contribution in [0.3, 0.4) is 0 Å². The minimum atomic E-state index is -0.281. The lowest BCUT2D eigenvalue weighted by molar-refractivity contribution is -0.142. The molecular weight excluding hydrogens is 352 g/mol. The van der Waals surface area contributed by atoms with Crippen molar-refractivity contribution in [2.75, 3.05) is 39.3 Å². The topological polar surface area (TPSA) is 76.1 Å². The van der Waals surface area contributed by atoms with Crippen LogP contribution in [0, 0.1) is 0 Å². The molecule has 0 saturated heterocycles. The highest BCUT2D eigenvalue weighted by Crippen LogP contribution is 2.18. The van der Waals surface area contributed by atoms with Crippen LogP contribution in [-0.4, -0.2) is 55.9 Å². The first-order valence-electron chi connectivity index (χ1n) is 8.34. The highest BCUT2D eigenvalue weighted by molar-refractivity contribution is 7.13. The zero-order valence-electron chi connectivity index (χ0n) is 15.3. The Kier molecular flexibility index (Phi) is 8.04. The molecule has 2 aromatic rings. The SMILES string of the molecule is CCOC(=O)Cc1csc(NN=Cc2ccccc2OCCN(C)C)n1. The molecule has 2 rings (SSSR count). The Morgan fingerprint density at radius 3 is 2.96 bits per heavy atom. The number of thiazole rings is 1. The highest BCUT2D eigenvalue weighted by atomic mass is 32.1. The minimum absolute atomic E-state index is 0.165. The summed E-state index contributed by atoms with van der Waals surface area (Å²) in [6.45, 7) is 3.60. The number of likely N-dealkylation sites (N-methyl/N-ethyl adjacent to an activating group) is 1. The van der Waals surface area contributed by atoms with Gasteiger partial charge in [-0.25, -0.2) is 4.98 Å². The zero-order valence-corrected chi connectivity index (χ0v) is 16.1. The Labute approximate surface area is 157 Å². The fraction of sp³-hybridized carbons (Fsp3) is 0.389. The van der Waals surface area contributed by atoms with E-state index in [1.807, 2.05) is 43.7 Å². The van der Waals surface area contributed by atoms with E-state index in [1.165, 1.54) is 11.3 Å². The number of ether oxygens (including phenoxy) is 2. The maximum atomic E-state index is 11.5. The molecular formula is C18H24N4O3S. The van der Waals surface area contributed by atoms with Gasteiger partial charge in [0.2, 0.25) is 5.13 Å². The number of hydrazone groups is 1. The number of para-hydroxylation sites is 1. The summed E-state index contributed by atoms with van der Waals surface area (Å²) in [5.41, 5.74) is 4.42. The third-order valence-corrected chi connectivity index (χ3v) is 4.06. The fourth-order valence-electron chi connectivity index (χ4n) is 2.01. The molecule has 0 aliphatic carbocycles. The van der Waals surface area contributed by atoms with Gasteiger partial charge in [-0.1, -0.05) is 12.1 Å². The molecule has 0 aliphatic rings. The number of nitrogens with zero attached hydrogens (tertiary/aromatic N) is 3. The van der Waals surface area contributed by atoms with Crippen LogP contribution in [-0.2, 0) is 16.0 Å². The lowest BCUT2D eigenvalue weighted by Gasteiger charge is -2.12. The van der Waals surface area contributed by atoms with Gasteiger partial charge in [-0.3, -0.25) is 10.2 Å². The van der Waals surface area contributed by atoms with E-state index in [-0.39, 0.29) is 12.4 Å². The van der Waals surface area contributed by atoms with Crippen molar-refractivity contribution in [1.29, 1.82) is 0 Å². The Morgan fingerprint density at radius 2 is 2.19 bits per heavy atom. The maximum absolute atomic E-state index is 11.5. The molecule has 7 nitrogen and oxygen atoms in total. The molecule has 0 atom stereocenters. The molecule has 0 aliphatic heterocycles. The van der Waals surface area contributed by atoms with Gasteiger partial charge in [-0.2, -0.15) is 5.10 Å². The average molecular weight is 376 g/mol. The van der Waals surface area contributed by atoms with Gasteiger partial charge < -0.3 is 14.4 Å². The molecule has 0 amide bonds. The Morgan fingerprint density at radius 1 is 1.38 bits per heavy atom. The summed E-state index contributed by atoms with van der Waals surface area (Å²) in [5, 5.41) is 6.64. The van der Waals surface area contributed by atoms with E-state index in [2.05, 4.69) is 20.4 Å². The second-order valence-corrected chi connectivity index (χ2v) is 6.54. The number of nitrogens with one attached hydrogen (secondary N) is 1. The van der Waals surface area contributed by atoms with Crippen LogP contribution in [0.25, 0.3) is 0 Å². The van der Waals surface area contributed by atoms with Crippen LogP contribution in [0.2, 0.25) is 0 Å². The summed E-state index contributed by atoms with van der Waals surface area (Å²) < 4.78 is 10.7. The molecule has 0 fully saturated rings. The molecule has 0 spiro atoms. The van der Waals surface area contributed by atoms with E-state index in [4.69, 9.17) is 9.47 Å². The first kappa shape index (κ1) is 19.9. The lowest BCUT2D eigenvalue weighted by atomic mass is 10.2. The number of hydrogen-bond donors (Lipinski definition) is 1. The van der Waals surface area contributed by atoms with Gasteiger partial charge in [0.15, 0.2) is 0 Å². The summed E-state index contributed by atoms with van der Waals surface area (Å²) in [7, 11) is 4.01. The van der Waals surface area contributed by atoms with Crippen molar-refractivity contribution in [2.45, 2.75) is 13.3 Å². The fourth-order valence-corrected chi connectivity index (χ4v) is 2.67. The monoisotopic (exact) mass is 376 g/mol. The van der Waals surface area contributed by atoms with Crippen LogP contribution in [0.1, 0.15) is 18.2 Å². The highest BCUT2D eigenvalue weighted by Gasteiger charge is 2.08. The normalized spacial score (nSPS) is 11.1. The summed E-state index contributed by atoms with van der Waals surface area (Å²) in [6, 6.07) is 7.71. The second-order valence-electron chi connectivity index (χ2n) is 5.69. The molecule has 1 aromatic carbocycles. The quantitative estimate of drug-likeness (QED) is 0.390. The molecule has 8 heteroatoms. The van der Waals surface area contributed by atoms with Crippen molar-refractivity contribution < 1.29 is 14.3 Å². The molecule has 1 heterocycles. The van der Waals surface area contributed by atoms with Crippen LogP contribution < -0.4 is 10.2 Å². The molecule has 0 bridgehead atoms. The first-order chi connectivity index (χ1) is 12.6. The molecule has 26 heavy (non-hydrogen) atoms. The van der Waals surface area contributed by atoms with Crippen LogP contribution in [0.4, 0.5) is 5.13 Å². The van der Waals surface area contributed by atoms with Crippen molar-refractivity contribution in [3.8, 4) is 5.75 Å². The zero-order chi connectivity index (χ0) is 18.8. The third-order valence-electron chi connectivity index (χ3n) is 3.26. The van der Waals surface area contributed by atoms with Gasteiger partial charge in [0.25, 0.3) is 0 Å². The van der Waals surface area contributed by atoms with E-state index in [0.29, 0.717) is 24.0 Å². The smallest absolute Gasteiger partial charge is 0.311 e. The number of esters is 1. The lowest BCUT2D eigenvalue weighted by Crippen LogP contribution is -2.19. The Balaban J connectivity index is 1.90. The summed E-state index contributed by atoms with van der Waals surface area (Å²) in [6.07, 6.45) is 1.86. The summed E-state index contributed by atoms with van der Waals surface area (Å²) >= 11 is 1.39. The van der Waals surface area contributed by atoms with Crippen molar-refractivity contribution in [2.24, 2.45) is 5.10 Å². The van der Waals surface area contributed by atoms with Gasteiger partial charge in [0, 0.05) is 17.5 Å². The van der Waals surface area contributed by atoms with Crippen LogP contribution in [0.15, 0.2) is 34.7 Å². The van der Waals surface area contributed by atoms with Gasteiger partial charge in [-0.15, -0.1) is 11.3 Å². The molecule has 0 unspecified atom stereocenters. The predicted octanol–water partition coefficient (Wildman–Crippen LogP) is 2.64. The van der Waals surface area contributed by atoms with Gasteiger partial charge in [0.05, 0.1) is 24.9 Å². The number of carbonyl (C=O) groups is 1. The van der Waals surface area contributed by atoms with E-state index in [1.54, 1.807) is 13.1 Å². The maximum Gasteiger partial charge on any atom is 0.311 e. The van der Waals surface area contributed by atoms with Gasteiger partial charge in [-0.05, 0) is 33.2 Å². The van der Waals surface area contributed by atoms with Crippen molar-refractivity contribution in [3.63, 3.8) is 0 Å². The van der Waals surface area contributed by atoms with Crippen molar-refractivity contribution in [1.82, 2.24) is 9.88 Å². The summed E-state index contributed by atoms with van der Waals surface area (Å²) in [5.74, 6) is 0.499. The molecule has 0 saturated carbocycles. The Hall–Kier alpha value is -2.45. The number of anilines is 1. The number of aromatic nitrogens is 1. The third kappa shape index (κ3) is 6.81. The number of carbonyl (C=O) groups excluding carboxylic acids is 1.